The van der Waals surface area contributed by atoms with Gasteiger partial charge in [0.1, 0.15) is 6.04 Å². The van der Waals surface area contributed by atoms with Gasteiger partial charge in [0, 0.05) is 13.1 Å². The molecule has 2 atom stereocenters. The Morgan fingerprint density at radius 2 is 2.17 bits per heavy atom. The van der Waals surface area contributed by atoms with E-state index in [1.54, 1.807) is 0 Å². The van der Waals surface area contributed by atoms with Crippen molar-refractivity contribution in [3.63, 3.8) is 0 Å². The fraction of sp³-hybridized carbons (Fsp3) is 0.917. The molecule has 1 fully saturated rings. The number of ether oxygens (including phenoxy) is 1. The van der Waals surface area contributed by atoms with Gasteiger partial charge in [-0.3, -0.25) is 4.79 Å². The van der Waals surface area contributed by atoms with Gasteiger partial charge in [0.2, 0.25) is 5.91 Å². The number of halogens is 1. The molecule has 0 saturated carbocycles. The van der Waals surface area contributed by atoms with Crippen LogP contribution in [0, 0.1) is 5.92 Å². The number of carbonyl (C=O) groups excluding carboxylic acids is 1. The number of amides is 1. The molecule has 1 heterocycles. The molecule has 1 saturated heterocycles. The third kappa shape index (κ3) is 5.52. The van der Waals surface area contributed by atoms with Gasteiger partial charge in [0.05, 0.1) is 19.3 Å². The summed E-state index contributed by atoms with van der Waals surface area (Å²) < 4.78 is 5.21. The molecule has 0 aromatic carbocycles. The summed E-state index contributed by atoms with van der Waals surface area (Å²) in [5.74, 6) is 0.167. The molecular formula is C12H25ClN2O3. The standard InChI is InChI=1S/C12H24N2O3.ClH/c1-3-9(4-2)11(15)7-14-12(16)10-8-17-6-5-13-10;/h9-11,13,15H,3-8H2,1-2H3,(H,14,16);1H. The number of aliphatic hydroxyl groups excluding tert-OH is 1. The van der Waals surface area contributed by atoms with Gasteiger partial charge in [-0.1, -0.05) is 26.7 Å². The first-order chi connectivity index (χ1) is 8.19. The van der Waals surface area contributed by atoms with Gasteiger partial charge in [-0.2, -0.15) is 0 Å². The molecule has 6 heteroatoms. The van der Waals surface area contributed by atoms with E-state index in [1.807, 2.05) is 0 Å². The van der Waals surface area contributed by atoms with Crippen molar-refractivity contribution in [3.05, 3.63) is 0 Å². The average molecular weight is 281 g/mol. The highest BCUT2D eigenvalue weighted by atomic mass is 35.5. The molecule has 18 heavy (non-hydrogen) atoms. The van der Waals surface area contributed by atoms with Crippen LogP contribution in [0.2, 0.25) is 0 Å². The van der Waals surface area contributed by atoms with E-state index in [0.29, 0.717) is 26.3 Å². The molecule has 5 nitrogen and oxygen atoms in total. The van der Waals surface area contributed by atoms with Crippen LogP contribution in [0.25, 0.3) is 0 Å². The lowest BCUT2D eigenvalue weighted by Crippen LogP contribution is -2.52. The zero-order valence-electron chi connectivity index (χ0n) is 11.1. The van der Waals surface area contributed by atoms with Crippen molar-refractivity contribution in [2.24, 2.45) is 5.92 Å². The van der Waals surface area contributed by atoms with Gasteiger partial charge in [-0.05, 0) is 5.92 Å². The van der Waals surface area contributed by atoms with Crippen LogP contribution in [0.5, 0.6) is 0 Å². The number of rotatable bonds is 6. The molecule has 1 amide bonds. The molecule has 1 aliphatic heterocycles. The van der Waals surface area contributed by atoms with Crippen LogP contribution in [0.1, 0.15) is 26.7 Å². The lowest BCUT2D eigenvalue weighted by atomic mass is 9.96. The summed E-state index contributed by atoms with van der Waals surface area (Å²) in [6, 6.07) is -0.280. The molecule has 0 aromatic heterocycles. The largest absolute Gasteiger partial charge is 0.391 e. The summed E-state index contributed by atoms with van der Waals surface area (Å²) in [5, 5.41) is 15.7. The summed E-state index contributed by atoms with van der Waals surface area (Å²) in [7, 11) is 0. The van der Waals surface area contributed by atoms with Gasteiger partial charge >= 0.3 is 0 Å². The summed E-state index contributed by atoms with van der Waals surface area (Å²) in [6.07, 6.45) is 1.40. The summed E-state index contributed by atoms with van der Waals surface area (Å²) in [4.78, 5) is 11.7. The average Bonchev–Trinajstić information content (AvgIpc) is 2.38. The van der Waals surface area contributed by atoms with Crippen molar-refractivity contribution in [3.8, 4) is 0 Å². The van der Waals surface area contributed by atoms with Gasteiger partial charge in [0.25, 0.3) is 0 Å². The molecule has 0 aromatic rings. The predicted molar refractivity (Wildman–Crippen MR) is 72.9 cm³/mol. The quantitative estimate of drug-likeness (QED) is 0.655. The van der Waals surface area contributed by atoms with Crippen molar-refractivity contribution in [2.75, 3.05) is 26.3 Å². The second-order valence-corrected chi connectivity index (χ2v) is 4.47. The molecule has 0 spiro atoms. The van der Waals surface area contributed by atoms with E-state index in [0.717, 1.165) is 12.8 Å². The molecule has 1 aliphatic rings. The third-order valence-corrected chi connectivity index (χ3v) is 3.32. The molecule has 3 N–H and O–H groups in total. The third-order valence-electron chi connectivity index (χ3n) is 3.32. The van der Waals surface area contributed by atoms with Crippen molar-refractivity contribution < 1.29 is 14.6 Å². The first-order valence-corrected chi connectivity index (χ1v) is 6.45. The Morgan fingerprint density at radius 1 is 1.50 bits per heavy atom. The fourth-order valence-electron chi connectivity index (χ4n) is 2.06. The van der Waals surface area contributed by atoms with Gasteiger partial charge in [-0.25, -0.2) is 0 Å². The summed E-state index contributed by atoms with van der Waals surface area (Å²) >= 11 is 0. The van der Waals surface area contributed by atoms with Gasteiger partial charge in [-0.15, -0.1) is 12.4 Å². The van der Waals surface area contributed by atoms with Crippen LogP contribution >= 0.6 is 12.4 Å². The lowest BCUT2D eigenvalue weighted by Gasteiger charge is -2.25. The molecule has 0 aliphatic carbocycles. The first-order valence-electron chi connectivity index (χ1n) is 6.45. The normalized spacial score (nSPS) is 21.2. The minimum absolute atomic E-state index is 0. The smallest absolute Gasteiger partial charge is 0.239 e. The Bertz CT molecular complexity index is 231. The number of aliphatic hydroxyl groups is 1. The highest BCUT2D eigenvalue weighted by molar-refractivity contribution is 5.85. The highest BCUT2D eigenvalue weighted by Crippen LogP contribution is 2.12. The maximum absolute atomic E-state index is 11.7. The van der Waals surface area contributed by atoms with Crippen LogP contribution in [-0.2, 0) is 9.53 Å². The van der Waals surface area contributed by atoms with Crippen molar-refractivity contribution >= 4 is 18.3 Å². The minimum atomic E-state index is -0.460. The predicted octanol–water partition coefficient (Wildman–Crippen LogP) is 0.310. The summed E-state index contributed by atoms with van der Waals surface area (Å²) in [6.45, 7) is 6.19. The van der Waals surface area contributed by atoms with E-state index in [2.05, 4.69) is 24.5 Å². The van der Waals surface area contributed by atoms with Crippen LogP contribution in [0.4, 0.5) is 0 Å². The van der Waals surface area contributed by atoms with Crippen LogP contribution < -0.4 is 10.6 Å². The van der Waals surface area contributed by atoms with Crippen LogP contribution in [0.3, 0.4) is 0 Å². The SMILES string of the molecule is CCC(CC)C(O)CNC(=O)C1COCCN1.Cl. The van der Waals surface area contributed by atoms with Crippen molar-refractivity contribution in [2.45, 2.75) is 38.8 Å². The molecule has 108 valence electrons. The first kappa shape index (κ1) is 17.6. The molecule has 1 rings (SSSR count). The molecular weight excluding hydrogens is 256 g/mol. The Hall–Kier alpha value is -0.360. The number of nitrogens with one attached hydrogen (secondary N) is 2. The van der Waals surface area contributed by atoms with E-state index >= 15 is 0 Å². The zero-order valence-corrected chi connectivity index (χ0v) is 12.0. The molecule has 2 unspecified atom stereocenters. The number of carbonyl (C=O) groups is 1. The van der Waals surface area contributed by atoms with E-state index in [-0.39, 0.29) is 30.3 Å². The maximum Gasteiger partial charge on any atom is 0.239 e. The van der Waals surface area contributed by atoms with Crippen LogP contribution in [-0.4, -0.2) is 49.5 Å². The molecule has 0 bridgehead atoms. The number of hydrogen-bond donors (Lipinski definition) is 3. The number of morpholine rings is 1. The summed E-state index contributed by atoms with van der Waals surface area (Å²) in [5.41, 5.74) is 0. The van der Waals surface area contributed by atoms with Gasteiger partial charge < -0.3 is 20.5 Å². The van der Waals surface area contributed by atoms with E-state index < -0.39 is 6.10 Å². The second-order valence-electron chi connectivity index (χ2n) is 4.47. The maximum atomic E-state index is 11.7. The Kier molecular flexibility index (Phi) is 9.36. The minimum Gasteiger partial charge on any atom is -0.391 e. The second kappa shape index (κ2) is 9.55. The molecule has 0 radical (unpaired) electrons. The highest BCUT2D eigenvalue weighted by Gasteiger charge is 2.22. The van der Waals surface area contributed by atoms with Gasteiger partial charge in [0.15, 0.2) is 0 Å². The monoisotopic (exact) mass is 280 g/mol. The number of hydrogen-bond acceptors (Lipinski definition) is 4. The van der Waals surface area contributed by atoms with Crippen molar-refractivity contribution in [1.29, 1.82) is 0 Å². The lowest BCUT2D eigenvalue weighted by molar-refractivity contribution is -0.126. The van der Waals surface area contributed by atoms with E-state index in [4.69, 9.17) is 4.74 Å². The Labute approximate surface area is 115 Å². The Morgan fingerprint density at radius 3 is 2.67 bits per heavy atom. The van der Waals surface area contributed by atoms with E-state index in [1.165, 1.54) is 0 Å². The zero-order chi connectivity index (χ0) is 12.7. The van der Waals surface area contributed by atoms with E-state index in [9.17, 15) is 9.90 Å². The fourth-order valence-corrected chi connectivity index (χ4v) is 2.06. The van der Waals surface area contributed by atoms with Crippen LogP contribution in [0.15, 0.2) is 0 Å². The Balaban J connectivity index is 0.00000289. The topological polar surface area (TPSA) is 70.6 Å². The van der Waals surface area contributed by atoms with Crippen molar-refractivity contribution in [1.82, 2.24) is 10.6 Å².